The fraction of sp³-hybridized carbons (Fsp3) is 0.889. The molecule has 1 saturated carbocycles. The highest BCUT2D eigenvalue weighted by molar-refractivity contribution is 5.81. The number of alkyl halides is 2. The summed E-state index contributed by atoms with van der Waals surface area (Å²) in [7, 11) is 1.58. The van der Waals surface area contributed by atoms with Crippen LogP contribution in [0.2, 0.25) is 0 Å². The van der Waals surface area contributed by atoms with Crippen molar-refractivity contribution in [1.29, 1.82) is 5.41 Å². The molecule has 0 aromatic heterocycles. The van der Waals surface area contributed by atoms with Gasteiger partial charge in [0.2, 0.25) is 0 Å². The third-order valence-corrected chi connectivity index (χ3v) is 2.56. The van der Waals surface area contributed by atoms with Gasteiger partial charge in [0.25, 0.3) is 6.43 Å². The lowest BCUT2D eigenvalue weighted by molar-refractivity contribution is 0.121. The van der Waals surface area contributed by atoms with E-state index in [-0.39, 0.29) is 12.5 Å². The Kier molecular flexibility index (Phi) is 3.63. The zero-order valence-corrected chi connectivity index (χ0v) is 7.89. The summed E-state index contributed by atoms with van der Waals surface area (Å²) in [5.74, 6) is 0.613. The van der Waals surface area contributed by atoms with Crippen molar-refractivity contribution < 1.29 is 8.78 Å². The first-order chi connectivity index (χ1) is 6.11. The summed E-state index contributed by atoms with van der Waals surface area (Å²) >= 11 is 0. The summed E-state index contributed by atoms with van der Waals surface area (Å²) in [6.45, 7) is -0.310. The molecule has 1 fully saturated rings. The molecule has 76 valence electrons. The summed E-state index contributed by atoms with van der Waals surface area (Å²) in [5, 5.41) is 7.68. The Morgan fingerprint density at radius 3 is 2.46 bits per heavy atom. The second-order valence-corrected chi connectivity index (χ2v) is 3.64. The van der Waals surface area contributed by atoms with Gasteiger partial charge in [0.05, 0.1) is 12.4 Å². The highest BCUT2D eigenvalue weighted by Crippen LogP contribution is 2.26. The number of halogens is 2. The maximum Gasteiger partial charge on any atom is 0.255 e. The molecule has 0 unspecified atom stereocenters. The summed E-state index contributed by atoms with van der Waals surface area (Å²) in [6, 6.07) is 0. The molecule has 0 radical (unpaired) electrons. The maximum atomic E-state index is 12.0. The topological polar surface area (TPSA) is 27.1 Å². The van der Waals surface area contributed by atoms with Gasteiger partial charge in [0, 0.05) is 13.0 Å². The van der Waals surface area contributed by atoms with Crippen LogP contribution in [0.3, 0.4) is 0 Å². The van der Waals surface area contributed by atoms with Gasteiger partial charge >= 0.3 is 0 Å². The standard InChI is InChI=1S/C9H16F2N2/c1-13(6-8(10)11)9(12)7-4-2-3-5-7/h7-8,12H,2-6H2,1H3. The SMILES string of the molecule is CN(CC(F)F)C(=N)C1CCCC1. The molecule has 0 bridgehead atoms. The van der Waals surface area contributed by atoms with E-state index in [0.717, 1.165) is 25.7 Å². The first-order valence-corrected chi connectivity index (χ1v) is 4.69. The lowest BCUT2D eigenvalue weighted by Crippen LogP contribution is -2.34. The first kappa shape index (κ1) is 10.4. The van der Waals surface area contributed by atoms with Crippen LogP contribution in [0.1, 0.15) is 25.7 Å². The minimum atomic E-state index is -2.34. The Morgan fingerprint density at radius 1 is 1.46 bits per heavy atom. The lowest BCUT2D eigenvalue weighted by Gasteiger charge is -2.23. The number of nitrogens with one attached hydrogen (secondary N) is 1. The van der Waals surface area contributed by atoms with E-state index in [1.165, 1.54) is 4.90 Å². The van der Waals surface area contributed by atoms with Gasteiger partial charge in [-0.1, -0.05) is 12.8 Å². The zero-order valence-electron chi connectivity index (χ0n) is 7.89. The highest BCUT2D eigenvalue weighted by atomic mass is 19.3. The fourth-order valence-corrected chi connectivity index (χ4v) is 1.82. The number of hydrogen-bond donors (Lipinski definition) is 1. The Bertz CT molecular complexity index is 176. The second-order valence-electron chi connectivity index (χ2n) is 3.64. The van der Waals surface area contributed by atoms with E-state index in [1.807, 2.05) is 0 Å². The number of nitrogens with zero attached hydrogens (tertiary/aromatic N) is 1. The third kappa shape index (κ3) is 2.94. The molecular formula is C9H16F2N2. The largest absolute Gasteiger partial charge is 0.358 e. The molecule has 1 N–H and O–H groups in total. The molecule has 13 heavy (non-hydrogen) atoms. The van der Waals surface area contributed by atoms with Gasteiger partial charge in [-0.2, -0.15) is 0 Å². The molecule has 0 saturated heterocycles. The minimum Gasteiger partial charge on any atom is -0.358 e. The predicted molar refractivity (Wildman–Crippen MR) is 48.3 cm³/mol. The van der Waals surface area contributed by atoms with Gasteiger partial charge < -0.3 is 4.90 Å². The van der Waals surface area contributed by atoms with E-state index in [1.54, 1.807) is 7.05 Å². The molecule has 4 heteroatoms. The number of hydrogen-bond acceptors (Lipinski definition) is 1. The normalized spacial score (nSPS) is 18.2. The Balaban J connectivity index is 2.36. The van der Waals surface area contributed by atoms with Crippen LogP contribution >= 0.6 is 0 Å². The van der Waals surface area contributed by atoms with E-state index in [9.17, 15) is 8.78 Å². The van der Waals surface area contributed by atoms with E-state index in [0.29, 0.717) is 5.84 Å². The molecule has 0 aromatic carbocycles. The molecule has 1 aliphatic rings. The van der Waals surface area contributed by atoms with Gasteiger partial charge in [-0.3, -0.25) is 5.41 Å². The number of amidine groups is 1. The smallest absolute Gasteiger partial charge is 0.255 e. The van der Waals surface area contributed by atoms with Gasteiger partial charge in [-0.25, -0.2) is 8.78 Å². The molecule has 2 nitrogen and oxygen atoms in total. The van der Waals surface area contributed by atoms with Crippen molar-refractivity contribution in [3.63, 3.8) is 0 Å². The molecule has 0 heterocycles. The van der Waals surface area contributed by atoms with Crippen molar-refractivity contribution >= 4 is 5.84 Å². The molecule has 1 aliphatic carbocycles. The van der Waals surface area contributed by atoms with Crippen molar-refractivity contribution in [1.82, 2.24) is 4.90 Å². The minimum absolute atomic E-state index is 0.226. The first-order valence-electron chi connectivity index (χ1n) is 4.69. The van der Waals surface area contributed by atoms with Crippen molar-refractivity contribution in [3.05, 3.63) is 0 Å². The molecule has 0 spiro atoms. The summed E-state index contributed by atoms with van der Waals surface area (Å²) in [6.07, 6.45) is 1.91. The van der Waals surface area contributed by atoms with Crippen LogP contribution in [-0.4, -0.2) is 30.8 Å². The Morgan fingerprint density at radius 2 is 2.00 bits per heavy atom. The molecule has 1 rings (SSSR count). The quantitative estimate of drug-likeness (QED) is 0.536. The average molecular weight is 190 g/mol. The van der Waals surface area contributed by atoms with Crippen LogP contribution in [0.4, 0.5) is 8.78 Å². The summed E-state index contributed by atoms with van der Waals surface area (Å²) < 4.78 is 24.0. The lowest BCUT2D eigenvalue weighted by atomic mass is 10.1. The Labute approximate surface area is 77.4 Å². The molecule has 0 atom stereocenters. The van der Waals surface area contributed by atoms with Crippen molar-refractivity contribution in [2.24, 2.45) is 5.92 Å². The van der Waals surface area contributed by atoms with Gasteiger partial charge in [0.15, 0.2) is 0 Å². The number of rotatable bonds is 3. The van der Waals surface area contributed by atoms with Crippen molar-refractivity contribution in [3.8, 4) is 0 Å². The average Bonchev–Trinajstić information content (AvgIpc) is 2.53. The van der Waals surface area contributed by atoms with Crippen LogP contribution in [0.15, 0.2) is 0 Å². The summed E-state index contributed by atoms with van der Waals surface area (Å²) in [5.41, 5.74) is 0. The van der Waals surface area contributed by atoms with Crippen LogP contribution < -0.4 is 0 Å². The third-order valence-electron chi connectivity index (χ3n) is 2.56. The molecule has 0 aromatic rings. The van der Waals surface area contributed by atoms with Crippen LogP contribution in [0, 0.1) is 11.3 Å². The molecule has 0 amide bonds. The van der Waals surface area contributed by atoms with E-state index < -0.39 is 6.43 Å². The summed E-state index contributed by atoms with van der Waals surface area (Å²) in [4.78, 5) is 1.38. The fourth-order valence-electron chi connectivity index (χ4n) is 1.82. The van der Waals surface area contributed by atoms with Gasteiger partial charge in [-0.05, 0) is 12.8 Å². The monoisotopic (exact) mass is 190 g/mol. The van der Waals surface area contributed by atoms with Crippen molar-refractivity contribution in [2.45, 2.75) is 32.1 Å². The van der Waals surface area contributed by atoms with Crippen LogP contribution in [0.25, 0.3) is 0 Å². The van der Waals surface area contributed by atoms with Crippen LogP contribution in [0.5, 0.6) is 0 Å². The Hall–Kier alpha value is -0.670. The maximum absolute atomic E-state index is 12.0. The van der Waals surface area contributed by atoms with Crippen molar-refractivity contribution in [2.75, 3.05) is 13.6 Å². The highest BCUT2D eigenvalue weighted by Gasteiger charge is 2.23. The van der Waals surface area contributed by atoms with E-state index in [4.69, 9.17) is 5.41 Å². The van der Waals surface area contributed by atoms with Gasteiger partial charge in [-0.15, -0.1) is 0 Å². The zero-order chi connectivity index (χ0) is 9.84. The molecule has 0 aliphatic heterocycles. The van der Waals surface area contributed by atoms with E-state index >= 15 is 0 Å². The predicted octanol–water partition coefficient (Wildman–Crippen LogP) is 2.35. The van der Waals surface area contributed by atoms with E-state index in [2.05, 4.69) is 0 Å². The second kappa shape index (κ2) is 4.53. The van der Waals surface area contributed by atoms with Gasteiger partial charge in [0.1, 0.15) is 0 Å². The molecular weight excluding hydrogens is 174 g/mol. The van der Waals surface area contributed by atoms with Crippen LogP contribution in [-0.2, 0) is 0 Å².